The van der Waals surface area contributed by atoms with Gasteiger partial charge >= 0.3 is 0 Å². The van der Waals surface area contributed by atoms with Crippen molar-refractivity contribution in [2.75, 3.05) is 0 Å². The van der Waals surface area contributed by atoms with E-state index >= 15 is 0 Å². The van der Waals surface area contributed by atoms with Crippen molar-refractivity contribution in [3.8, 4) is 6.07 Å². The predicted octanol–water partition coefficient (Wildman–Crippen LogP) is 1.83. The maximum absolute atomic E-state index is 11.0. The molecule has 0 atom stereocenters. The van der Waals surface area contributed by atoms with Crippen molar-refractivity contribution in [2.45, 2.75) is 32.7 Å². The lowest BCUT2D eigenvalue weighted by atomic mass is 10.1. The third kappa shape index (κ3) is 2.09. The summed E-state index contributed by atoms with van der Waals surface area (Å²) in [7, 11) is 0. The van der Waals surface area contributed by atoms with E-state index < -0.39 is 5.91 Å². The lowest BCUT2D eigenvalue weighted by Gasteiger charge is -2.06. The number of hydrogen-bond acceptors (Lipinski definition) is 2. The van der Waals surface area contributed by atoms with Gasteiger partial charge in [0.1, 0.15) is 11.6 Å². The molecule has 0 unspecified atom stereocenters. The second-order valence-electron chi connectivity index (χ2n) is 4.46. The zero-order valence-corrected chi connectivity index (χ0v) is 10.0. The topological polar surface area (TPSA) is 71.8 Å². The smallest absolute Gasteiger partial charge is 0.259 e. The molecule has 88 valence electrons. The highest BCUT2D eigenvalue weighted by Crippen LogP contribution is 2.38. The summed E-state index contributed by atoms with van der Waals surface area (Å²) in [5.41, 5.74) is 8.29. The lowest BCUT2D eigenvalue weighted by molar-refractivity contribution is -0.114. The van der Waals surface area contributed by atoms with E-state index in [1.807, 2.05) is 26.0 Å². The summed E-state index contributed by atoms with van der Waals surface area (Å²) in [5, 5.41) is 8.82. The molecule has 2 rings (SSSR count). The van der Waals surface area contributed by atoms with Gasteiger partial charge in [-0.1, -0.05) is 0 Å². The average Bonchev–Trinajstić information content (AvgIpc) is 3.04. The summed E-state index contributed by atoms with van der Waals surface area (Å²) in [6, 6.07) is 4.42. The minimum atomic E-state index is -0.677. The first kappa shape index (κ1) is 11.5. The Morgan fingerprint density at radius 1 is 1.59 bits per heavy atom. The summed E-state index contributed by atoms with van der Waals surface area (Å²) in [5.74, 6) is -0.677. The number of rotatable bonds is 3. The molecule has 0 aromatic carbocycles. The zero-order chi connectivity index (χ0) is 12.6. The van der Waals surface area contributed by atoms with Gasteiger partial charge in [-0.15, -0.1) is 0 Å². The Kier molecular flexibility index (Phi) is 2.76. The van der Waals surface area contributed by atoms with Gasteiger partial charge < -0.3 is 10.3 Å². The van der Waals surface area contributed by atoms with Gasteiger partial charge in [0.2, 0.25) is 0 Å². The number of primary amides is 1. The number of nitrogens with zero attached hydrogens (tertiary/aromatic N) is 2. The van der Waals surface area contributed by atoms with Crippen molar-refractivity contribution in [2.24, 2.45) is 5.73 Å². The minimum absolute atomic E-state index is 0.000969. The van der Waals surface area contributed by atoms with Gasteiger partial charge in [-0.2, -0.15) is 5.26 Å². The number of hydrogen-bond donors (Lipinski definition) is 1. The van der Waals surface area contributed by atoms with Crippen LogP contribution in [0.3, 0.4) is 0 Å². The van der Waals surface area contributed by atoms with Crippen LogP contribution in [0.2, 0.25) is 0 Å². The van der Waals surface area contributed by atoms with Gasteiger partial charge in [0.05, 0.1) is 0 Å². The van der Waals surface area contributed by atoms with E-state index in [1.165, 1.54) is 12.8 Å². The van der Waals surface area contributed by atoms with Crippen molar-refractivity contribution in [1.29, 1.82) is 5.26 Å². The number of carbonyl (C=O) groups is 1. The second kappa shape index (κ2) is 4.10. The van der Waals surface area contributed by atoms with Crippen molar-refractivity contribution in [3.63, 3.8) is 0 Å². The highest BCUT2D eigenvalue weighted by molar-refractivity contribution is 6.00. The first-order chi connectivity index (χ1) is 8.04. The van der Waals surface area contributed by atoms with E-state index in [2.05, 4.69) is 4.57 Å². The maximum atomic E-state index is 11.0. The molecule has 17 heavy (non-hydrogen) atoms. The van der Waals surface area contributed by atoms with Crippen LogP contribution in [-0.4, -0.2) is 10.5 Å². The molecule has 1 fully saturated rings. The molecule has 0 saturated heterocycles. The SMILES string of the molecule is Cc1cc(/C=C(\C#N)C(N)=O)c(C)n1C1CC1. The molecule has 0 radical (unpaired) electrons. The summed E-state index contributed by atoms with van der Waals surface area (Å²) in [6.07, 6.45) is 3.99. The number of nitriles is 1. The van der Waals surface area contributed by atoms with Crippen LogP contribution < -0.4 is 5.73 Å². The number of aryl methyl sites for hydroxylation is 1. The predicted molar refractivity (Wildman–Crippen MR) is 65.0 cm³/mol. The van der Waals surface area contributed by atoms with Crippen LogP contribution in [0.5, 0.6) is 0 Å². The molecular formula is C13H15N3O. The first-order valence-electron chi connectivity index (χ1n) is 5.64. The molecular weight excluding hydrogens is 214 g/mol. The summed E-state index contributed by atoms with van der Waals surface area (Å²) in [6.45, 7) is 4.05. The zero-order valence-electron chi connectivity index (χ0n) is 10.0. The molecule has 1 saturated carbocycles. The fourth-order valence-corrected chi connectivity index (χ4v) is 2.16. The molecule has 1 aromatic rings. The molecule has 2 N–H and O–H groups in total. The Bertz CT molecular complexity index is 542. The van der Waals surface area contributed by atoms with Crippen LogP contribution in [0.25, 0.3) is 6.08 Å². The van der Waals surface area contributed by atoms with E-state index in [9.17, 15) is 4.79 Å². The fourth-order valence-electron chi connectivity index (χ4n) is 2.16. The van der Waals surface area contributed by atoms with Crippen molar-refractivity contribution >= 4 is 12.0 Å². The Balaban J connectivity index is 2.44. The molecule has 1 heterocycles. The molecule has 0 spiro atoms. The van der Waals surface area contributed by atoms with E-state index in [4.69, 9.17) is 11.0 Å². The van der Waals surface area contributed by atoms with Crippen molar-refractivity contribution in [3.05, 3.63) is 28.6 Å². The van der Waals surface area contributed by atoms with E-state index in [0.717, 1.165) is 17.0 Å². The number of amides is 1. The van der Waals surface area contributed by atoms with Crippen LogP contribution in [0.15, 0.2) is 11.6 Å². The largest absolute Gasteiger partial charge is 0.365 e. The van der Waals surface area contributed by atoms with Gasteiger partial charge in [-0.3, -0.25) is 4.79 Å². The second-order valence-corrected chi connectivity index (χ2v) is 4.46. The summed E-state index contributed by atoms with van der Waals surface area (Å²) in [4.78, 5) is 11.0. The average molecular weight is 229 g/mol. The summed E-state index contributed by atoms with van der Waals surface area (Å²) >= 11 is 0. The van der Waals surface area contributed by atoms with Crippen LogP contribution in [0, 0.1) is 25.2 Å². The molecule has 1 aliphatic carbocycles. The molecule has 1 aromatic heterocycles. The number of aromatic nitrogens is 1. The van der Waals surface area contributed by atoms with Gasteiger partial charge in [0.15, 0.2) is 0 Å². The Morgan fingerprint density at radius 2 is 2.24 bits per heavy atom. The Labute approximate surface area is 100 Å². The maximum Gasteiger partial charge on any atom is 0.259 e. The Morgan fingerprint density at radius 3 is 2.71 bits per heavy atom. The highest BCUT2D eigenvalue weighted by Gasteiger charge is 2.26. The van der Waals surface area contributed by atoms with E-state index in [-0.39, 0.29) is 5.57 Å². The quantitative estimate of drug-likeness (QED) is 0.634. The fraction of sp³-hybridized carbons (Fsp3) is 0.385. The molecule has 4 nitrogen and oxygen atoms in total. The highest BCUT2D eigenvalue weighted by atomic mass is 16.1. The normalized spacial score (nSPS) is 15.7. The van der Waals surface area contributed by atoms with Gasteiger partial charge in [0, 0.05) is 17.4 Å². The standard InChI is InChI=1S/C13H15N3O/c1-8-5-10(6-11(7-14)13(15)17)9(2)16(8)12-3-4-12/h5-6,12H,3-4H2,1-2H3,(H2,15,17)/b11-6+. The van der Waals surface area contributed by atoms with Crippen molar-refractivity contribution < 1.29 is 4.79 Å². The van der Waals surface area contributed by atoms with Crippen LogP contribution in [0.4, 0.5) is 0 Å². The lowest BCUT2D eigenvalue weighted by Crippen LogP contribution is -2.12. The monoisotopic (exact) mass is 229 g/mol. The number of nitrogens with two attached hydrogens (primary N) is 1. The van der Waals surface area contributed by atoms with Crippen molar-refractivity contribution in [1.82, 2.24) is 4.57 Å². The van der Waals surface area contributed by atoms with E-state index in [1.54, 1.807) is 6.08 Å². The van der Waals surface area contributed by atoms with E-state index in [0.29, 0.717) is 6.04 Å². The number of carbonyl (C=O) groups excluding carboxylic acids is 1. The van der Waals surface area contributed by atoms with Gasteiger partial charge in [-0.05, 0) is 44.4 Å². The summed E-state index contributed by atoms with van der Waals surface area (Å²) < 4.78 is 2.27. The third-order valence-electron chi connectivity index (χ3n) is 3.12. The first-order valence-corrected chi connectivity index (χ1v) is 5.64. The van der Waals surface area contributed by atoms with Crippen LogP contribution in [-0.2, 0) is 4.79 Å². The third-order valence-corrected chi connectivity index (χ3v) is 3.12. The molecule has 1 amide bonds. The molecule has 0 bridgehead atoms. The minimum Gasteiger partial charge on any atom is -0.365 e. The Hall–Kier alpha value is -2.02. The molecule has 0 aliphatic heterocycles. The van der Waals surface area contributed by atoms with Gasteiger partial charge in [-0.25, -0.2) is 0 Å². The van der Waals surface area contributed by atoms with Crippen LogP contribution in [0.1, 0.15) is 35.8 Å². The molecule has 4 heteroatoms. The molecule has 1 aliphatic rings. The van der Waals surface area contributed by atoms with Gasteiger partial charge in [0.25, 0.3) is 5.91 Å². The van der Waals surface area contributed by atoms with Crippen LogP contribution >= 0.6 is 0 Å².